The molecule has 7 heteroatoms. The first-order valence-electron chi connectivity index (χ1n) is 7.90. The van der Waals surface area contributed by atoms with Crippen LogP contribution in [0.2, 0.25) is 0 Å². The van der Waals surface area contributed by atoms with Gasteiger partial charge < -0.3 is 9.84 Å². The quantitative estimate of drug-likeness (QED) is 0.528. The number of thiazole rings is 1. The van der Waals surface area contributed by atoms with Crippen molar-refractivity contribution in [3.8, 4) is 11.5 Å². The monoisotopic (exact) mass is 430 g/mol. The highest BCUT2D eigenvalue weighted by molar-refractivity contribution is 9.10. The van der Waals surface area contributed by atoms with Gasteiger partial charge in [0.1, 0.15) is 5.52 Å². The van der Waals surface area contributed by atoms with E-state index in [-0.39, 0.29) is 11.3 Å². The number of methoxy groups -OCH3 is 1. The van der Waals surface area contributed by atoms with Crippen LogP contribution in [0.1, 0.15) is 16.7 Å². The first-order valence-corrected chi connectivity index (χ1v) is 9.51. The molecule has 26 heavy (non-hydrogen) atoms. The third-order valence-electron chi connectivity index (χ3n) is 4.48. The lowest BCUT2D eigenvalue weighted by Gasteiger charge is -2.03. The van der Waals surface area contributed by atoms with Gasteiger partial charge in [0.25, 0.3) is 5.56 Å². The second-order valence-corrected chi connectivity index (χ2v) is 7.88. The average molecular weight is 431 g/mol. The molecule has 0 fully saturated rings. The maximum atomic E-state index is 12.9. The van der Waals surface area contributed by atoms with Crippen molar-refractivity contribution in [2.24, 2.45) is 0 Å². The first kappa shape index (κ1) is 17.1. The molecule has 0 atom stereocenters. The number of ether oxygens (including phenoxy) is 1. The van der Waals surface area contributed by atoms with Crippen LogP contribution in [0.5, 0.6) is 11.5 Å². The number of benzene rings is 2. The predicted molar refractivity (Wildman–Crippen MR) is 107 cm³/mol. The average Bonchev–Trinajstić information content (AvgIpc) is 3.11. The lowest BCUT2D eigenvalue weighted by Crippen LogP contribution is -2.22. The largest absolute Gasteiger partial charge is 0.504 e. The minimum absolute atomic E-state index is 0.0375. The maximum Gasteiger partial charge on any atom is 0.274 e. The van der Waals surface area contributed by atoms with Crippen molar-refractivity contribution in [1.29, 1.82) is 0 Å². The molecule has 0 aliphatic carbocycles. The molecule has 2 aromatic carbocycles. The smallest absolute Gasteiger partial charge is 0.274 e. The molecule has 5 nitrogen and oxygen atoms in total. The number of fused-ring (bicyclic) bond motifs is 3. The van der Waals surface area contributed by atoms with Gasteiger partial charge in [0, 0.05) is 4.47 Å². The van der Waals surface area contributed by atoms with E-state index in [0.717, 1.165) is 32.2 Å². The minimum Gasteiger partial charge on any atom is -0.504 e. The third kappa shape index (κ3) is 2.50. The summed E-state index contributed by atoms with van der Waals surface area (Å²) in [4.78, 5) is 18.2. The van der Waals surface area contributed by atoms with Crippen molar-refractivity contribution < 1.29 is 9.84 Å². The number of aromatic nitrogens is 2. The molecule has 4 rings (SSSR count). The second kappa shape index (κ2) is 6.10. The molecule has 0 saturated heterocycles. The Morgan fingerprint density at radius 3 is 2.77 bits per heavy atom. The van der Waals surface area contributed by atoms with Crippen LogP contribution >= 0.6 is 27.3 Å². The Balaban J connectivity index is 1.97. The van der Waals surface area contributed by atoms with Crippen molar-refractivity contribution in [2.75, 3.05) is 7.11 Å². The fraction of sp³-hybridized carbons (Fsp3) is 0.158. The summed E-state index contributed by atoms with van der Waals surface area (Å²) >= 11 is 4.92. The summed E-state index contributed by atoms with van der Waals surface area (Å²) in [6.07, 6.45) is 1.75. The van der Waals surface area contributed by atoms with E-state index < -0.39 is 0 Å². The van der Waals surface area contributed by atoms with E-state index in [1.54, 1.807) is 28.7 Å². The number of halogens is 1. The molecule has 1 N–H and O–H groups in total. The molecule has 0 spiro atoms. The Labute approximate surface area is 161 Å². The number of aromatic hydroxyl groups is 1. The Kier molecular flexibility index (Phi) is 4.00. The summed E-state index contributed by atoms with van der Waals surface area (Å²) < 4.78 is 8.18. The summed E-state index contributed by atoms with van der Waals surface area (Å²) in [5.41, 5.74) is 4.43. The third-order valence-corrected chi connectivity index (χ3v) is 6.42. The van der Waals surface area contributed by atoms with Gasteiger partial charge in [-0.2, -0.15) is 0 Å². The topological polar surface area (TPSA) is 63.8 Å². The van der Waals surface area contributed by atoms with Gasteiger partial charge in [0.15, 0.2) is 16.5 Å². The van der Waals surface area contributed by atoms with Crippen LogP contribution in [0.4, 0.5) is 0 Å². The van der Waals surface area contributed by atoms with Crippen molar-refractivity contribution in [3.05, 3.63) is 60.3 Å². The number of phenolic OH excluding ortho intramolecular Hbond substituents is 1. The van der Waals surface area contributed by atoms with Gasteiger partial charge >= 0.3 is 0 Å². The van der Waals surface area contributed by atoms with Gasteiger partial charge in [-0.05, 0) is 70.7 Å². The molecule has 0 saturated carbocycles. The van der Waals surface area contributed by atoms with Crippen molar-refractivity contribution in [2.45, 2.75) is 13.8 Å². The fourth-order valence-electron chi connectivity index (χ4n) is 2.93. The molecule has 0 bridgehead atoms. The van der Waals surface area contributed by atoms with Gasteiger partial charge in [-0.15, -0.1) is 0 Å². The number of aryl methyl sites for hydroxylation is 1. The van der Waals surface area contributed by atoms with E-state index in [9.17, 15) is 9.90 Å². The summed E-state index contributed by atoms with van der Waals surface area (Å²) in [7, 11) is 1.50. The molecule has 0 radical (unpaired) electrons. The SMILES string of the molecule is COc1ccc(C=c2sc3nc4c(Br)c(C)c(C)cc4n3c2=O)cc1O. The van der Waals surface area contributed by atoms with Crippen LogP contribution in [-0.4, -0.2) is 21.6 Å². The van der Waals surface area contributed by atoms with E-state index in [2.05, 4.69) is 20.9 Å². The zero-order valence-electron chi connectivity index (χ0n) is 14.3. The molecule has 0 aliphatic rings. The molecule has 0 amide bonds. The van der Waals surface area contributed by atoms with Gasteiger partial charge in [-0.25, -0.2) is 9.38 Å². The highest BCUT2D eigenvalue weighted by Gasteiger charge is 2.16. The Bertz CT molecular complexity index is 1290. The standard InChI is InChI=1S/C19H15BrN2O3S/c1-9-6-12-17(16(20)10(9)2)21-19-22(12)18(24)15(26-19)8-11-4-5-14(25-3)13(23)7-11/h4-8,23H,1-3H3. The van der Waals surface area contributed by atoms with Crippen molar-refractivity contribution in [1.82, 2.24) is 9.38 Å². The van der Waals surface area contributed by atoms with Crippen molar-refractivity contribution in [3.63, 3.8) is 0 Å². The van der Waals surface area contributed by atoms with E-state index in [0.29, 0.717) is 15.2 Å². The van der Waals surface area contributed by atoms with Crippen molar-refractivity contribution >= 4 is 49.3 Å². The van der Waals surface area contributed by atoms with Crippen LogP contribution in [0.15, 0.2) is 33.5 Å². The second-order valence-electron chi connectivity index (χ2n) is 6.08. The van der Waals surface area contributed by atoms with Crippen LogP contribution in [0.25, 0.3) is 22.1 Å². The fourth-order valence-corrected chi connectivity index (χ4v) is 4.51. The number of hydrogen-bond acceptors (Lipinski definition) is 5. The van der Waals surface area contributed by atoms with E-state index in [1.165, 1.54) is 18.4 Å². The molecule has 2 heterocycles. The summed E-state index contributed by atoms with van der Waals surface area (Å²) in [6.45, 7) is 4.04. The van der Waals surface area contributed by atoms with Gasteiger partial charge in [0.05, 0.1) is 17.2 Å². The highest BCUT2D eigenvalue weighted by atomic mass is 79.9. The molecule has 2 aromatic heterocycles. The Morgan fingerprint density at radius 2 is 2.08 bits per heavy atom. The highest BCUT2D eigenvalue weighted by Crippen LogP contribution is 2.30. The number of rotatable bonds is 2. The zero-order valence-corrected chi connectivity index (χ0v) is 16.7. The molecule has 132 valence electrons. The molecular formula is C19H15BrN2O3S. The number of hydrogen-bond donors (Lipinski definition) is 1. The van der Waals surface area contributed by atoms with E-state index in [1.807, 2.05) is 19.9 Å². The lowest BCUT2D eigenvalue weighted by atomic mass is 10.1. The summed E-state index contributed by atoms with van der Waals surface area (Å²) in [5, 5.41) is 9.92. The predicted octanol–water partition coefficient (Wildman–Crippen LogP) is 3.55. The van der Waals surface area contributed by atoms with Crippen LogP contribution in [0.3, 0.4) is 0 Å². The lowest BCUT2D eigenvalue weighted by molar-refractivity contribution is 0.373. The van der Waals surface area contributed by atoms with Crippen LogP contribution in [-0.2, 0) is 0 Å². The van der Waals surface area contributed by atoms with E-state index in [4.69, 9.17) is 4.74 Å². The van der Waals surface area contributed by atoms with Crippen LogP contribution in [0, 0.1) is 13.8 Å². The summed E-state index contributed by atoms with van der Waals surface area (Å²) in [6, 6.07) is 7.03. The van der Waals surface area contributed by atoms with Gasteiger partial charge in [0.2, 0.25) is 0 Å². The zero-order chi connectivity index (χ0) is 18.6. The summed E-state index contributed by atoms with van der Waals surface area (Å²) in [5.74, 6) is 0.433. The Morgan fingerprint density at radius 1 is 1.31 bits per heavy atom. The van der Waals surface area contributed by atoms with Crippen LogP contribution < -0.4 is 14.8 Å². The van der Waals surface area contributed by atoms with Gasteiger partial charge in [-0.1, -0.05) is 17.4 Å². The first-order chi connectivity index (χ1) is 12.4. The number of nitrogens with zero attached hydrogens (tertiary/aromatic N) is 2. The number of imidazole rings is 1. The minimum atomic E-state index is -0.113. The normalized spacial score (nSPS) is 12.4. The number of phenols is 1. The molecule has 4 aromatic rings. The van der Waals surface area contributed by atoms with Gasteiger partial charge in [-0.3, -0.25) is 4.79 Å². The molecular weight excluding hydrogens is 416 g/mol. The molecule has 0 aliphatic heterocycles. The Hall–Kier alpha value is -2.38. The maximum absolute atomic E-state index is 12.9. The molecule has 0 unspecified atom stereocenters. The van der Waals surface area contributed by atoms with E-state index >= 15 is 0 Å².